The summed E-state index contributed by atoms with van der Waals surface area (Å²) in [4.78, 5) is 1.94. The van der Waals surface area contributed by atoms with Crippen molar-refractivity contribution in [2.45, 2.75) is 6.92 Å². The second kappa shape index (κ2) is 4.08. The smallest absolute Gasteiger partial charge is 0.296 e. The van der Waals surface area contributed by atoms with Crippen LogP contribution in [0.3, 0.4) is 0 Å². The van der Waals surface area contributed by atoms with E-state index < -0.39 is 10.2 Å². The molecule has 1 rings (SSSR count). The van der Waals surface area contributed by atoms with Gasteiger partial charge >= 0.3 is 0 Å². The second-order valence-electron chi connectivity index (χ2n) is 3.54. The number of hydrogen-bond acceptors (Lipinski definition) is 3. The molecule has 0 aliphatic rings. The Bertz CT molecular complexity index is 454. The van der Waals surface area contributed by atoms with Crippen LogP contribution in [0.2, 0.25) is 0 Å². The van der Waals surface area contributed by atoms with Crippen LogP contribution in [0.1, 0.15) is 5.56 Å². The van der Waals surface area contributed by atoms with E-state index in [0.717, 1.165) is 11.3 Å². The SMILES string of the molecule is Cc1cc(N(C)C)ccc1NS(N)(=O)=O. The van der Waals surface area contributed by atoms with E-state index in [0.29, 0.717) is 5.69 Å². The Balaban J connectivity index is 3.04. The summed E-state index contributed by atoms with van der Waals surface area (Å²) in [6, 6.07) is 5.39. The Morgan fingerprint density at radius 1 is 1.33 bits per heavy atom. The zero-order chi connectivity index (χ0) is 11.6. The highest BCUT2D eigenvalue weighted by atomic mass is 32.2. The average molecular weight is 229 g/mol. The summed E-state index contributed by atoms with van der Waals surface area (Å²) in [6.07, 6.45) is 0. The number of nitrogens with one attached hydrogen (secondary N) is 1. The number of nitrogens with two attached hydrogens (primary N) is 1. The van der Waals surface area contributed by atoms with Crippen molar-refractivity contribution in [3.05, 3.63) is 23.8 Å². The zero-order valence-electron chi connectivity index (χ0n) is 8.98. The molecule has 0 saturated carbocycles. The highest BCUT2D eigenvalue weighted by Crippen LogP contribution is 2.21. The fourth-order valence-corrected chi connectivity index (χ4v) is 1.73. The summed E-state index contributed by atoms with van der Waals surface area (Å²) in [5, 5.41) is 4.88. The summed E-state index contributed by atoms with van der Waals surface area (Å²) in [6.45, 7) is 1.82. The number of anilines is 2. The van der Waals surface area contributed by atoms with Gasteiger partial charge in [-0.3, -0.25) is 4.72 Å². The third-order valence-corrected chi connectivity index (χ3v) is 2.48. The topological polar surface area (TPSA) is 75.4 Å². The first-order chi connectivity index (χ1) is 6.79. The minimum atomic E-state index is -3.70. The third kappa shape index (κ3) is 3.41. The van der Waals surface area contributed by atoms with Crippen LogP contribution in [0.15, 0.2) is 18.2 Å². The standard InChI is InChI=1S/C9H15N3O2S/c1-7-6-8(12(2)3)4-5-9(7)11-15(10,13)14/h4-6,11H,1-3H3,(H2,10,13,14). The van der Waals surface area contributed by atoms with E-state index in [1.165, 1.54) is 0 Å². The lowest BCUT2D eigenvalue weighted by molar-refractivity contribution is 0.603. The molecule has 0 saturated heterocycles. The van der Waals surface area contributed by atoms with Gasteiger partial charge < -0.3 is 4.90 Å². The maximum atomic E-state index is 10.8. The van der Waals surface area contributed by atoms with Gasteiger partial charge in [0.2, 0.25) is 0 Å². The van der Waals surface area contributed by atoms with Crippen LogP contribution in [-0.4, -0.2) is 22.5 Å². The Labute approximate surface area is 90.1 Å². The van der Waals surface area contributed by atoms with Crippen LogP contribution < -0.4 is 14.8 Å². The zero-order valence-corrected chi connectivity index (χ0v) is 9.80. The maximum absolute atomic E-state index is 10.8. The molecule has 1 aromatic rings. The van der Waals surface area contributed by atoms with Gasteiger partial charge in [0.1, 0.15) is 0 Å². The summed E-state index contributed by atoms with van der Waals surface area (Å²) in [5.74, 6) is 0. The van der Waals surface area contributed by atoms with Crippen molar-refractivity contribution in [1.82, 2.24) is 0 Å². The van der Waals surface area contributed by atoms with Gasteiger partial charge in [0, 0.05) is 19.8 Å². The summed E-state index contributed by atoms with van der Waals surface area (Å²) in [7, 11) is 0.140. The molecule has 0 aromatic heterocycles. The van der Waals surface area contributed by atoms with Crippen LogP contribution in [0.4, 0.5) is 11.4 Å². The minimum absolute atomic E-state index is 0.503. The molecule has 0 spiro atoms. The highest BCUT2D eigenvalue weighted by Gasteiger charge is 2.06. The Morgan fingerprint density at radius 2 is 1.93 bits per heavy atom. The lowest BCUT2D eigenvalue weighted by Crippen LogP contribution is -2.22. The van der Waals surface area contributed by atoms with Gasteiger partial charge in [-0.1, -0.05) is 0 Å². The van der Waals surface area contributed by atoms with E-state index in [9.17, 15) is 8.42 Å². The molecule has 6 heteroatoms. The first kappa shape index (κ1) is 11.8. The lowest BCUT2D eigenvalue weighted by Gasteiger charge is -2.15. The molecular weight excluding hydrogens is 214 g/mol. The molecule has 0 fully saturated rings. The van der Waals surface area contributed by atoms with Gasteiger partial charge in [0.05, 0.1) is 5.69 Å². The molecule has 15 heavy (non-hydrogen) atoms. The first-order valence-corrected chi connectivity index (χ1v) is 5.93. The number of hydrogen-bond donors (Lipinski definition) is 2. The molecule has 0 aliphatic heterocycles. The first-order valence-electron chi connectivity index (χ1n) is 4.38. The Kier molecular flexibility index (Phi) is 3.21. The van der Waals surface area contributed by atoms with Gasteiger partial charge in [0.15, 0.2) is 0 Å². The van der Waals surface area contributed by atoms with Gasteiger partial charge in [-0.15, -0.1) is 0 Å². The highest BCUT2D eigenvalue weighted by molar-refractivity contribution is 7.90. The van der Waals surface area contributed by atoms with Gasteiger partial charge in [-0.2, -0.15) is 8.42 Å². The van der Waals surface area contributed by atoms with Crippen molar-refractivity contribution >= 4 is 21.6 Å². The average Bonchev–Trinajstić information content (AvgIpc) is 2.05. The van der Waals surface area contributed by atoms with Crippen molar-refractivity contribution in [2.75, 3.05) is 23.7 Å². The number of aryl methyl sites for hydroxylation is 1. The predicted molar refractivity (Wildman–Crippen MR) is 62.2 cm³/mol. The van der Waals surface area contributed by atoms with E-state index in [-0.39, 0.29) is 0 Å². The second-order valence-corrected chi connectivity index (χ2v) is 4.83. The summed E-state index contributed by atoms with van der Waals surface area (Å²) in [5.41, 5.74) is 2.34. The van der Waals surface area contributed by atoms with Gasteiger partial charge in [-0.25, -0.2) is 5.14 Å². The molecule has 5 nitrogen and oxygen atoms in total. The molecule has 0 heterocycles. The molecular formula is C9H15N3O2S. The fourth-order valence-electron chi connectivity index (χ4n) is 1.19. The van der Waals surface area contributed by atoms with Crippen molar-refractivity contribution in [3.8, 4) is 0 Å². The monoisotopic (exact) mass is 229 g/mol. The van der Waals surface area contributed by atoms with E-state index >= 15 is 0 Å². The Morgan fingerprint density at radius 3 is 2.33 bits per heavy atom. The molecule has 0 aliphatic carbocycles. The number of benzene rings is 1. The molecule has 0 radical (unpaired) electrons. The van der Waals surface area contributed by atoms with Crippen molar-refractivity contribution in [2.24, 2.45) is 5.14 Å². The third-order valence-electron chi connectivity index (χ3n) is 1.98. The molecule has 0 amide bonds. The Hall–Kier alpha value is -1.27. The lowest BCUT2D eigenvalue weighted by atomic mass is 10.2. The van der Waals surface area contributed by atoms with E-state index in [4.69, 9.17) is 5.14 Å². The van der Waals surface area contributed by atoms with Crippen LogP contribution in [-0.2, 0) is 10.2 Å². The predicted octanol–water partition coefficient (Wildman–Crippen LogP) is 0.676. The molecule has 0 atom stereocenters. The van der Waals surface area contributed by atoms with Crippen molar-refractivity contribution < 1.29 is 8.42 Å². The number of nitrogens with zero attached hydrogens (tertiary/aromatic N) is 1. The minimum Gasteiger partial charge on any atom is -0.378 e. The normalized spacial score (nSPS) is 11.2. The van der Waals surface area contributed by atoms with Crippen molar-refractivity contribution in [1.29, 1.82) is 0 Å². The maximum Gasteiger partial charge on any atom is 0.296 e. The summed E-state index contributed by atoms with van der Waals surface area (Å²) >= 11 is 0. The van der Waals surface area contributed by atoms with Crippen LogP contribution in [0, 0.1) is 6.92 Å². The molecule has 0 unspecified atom stereocenters. The van der Waals surface area contributed by atoms with Crippen LogP contribution in [0.25, 0.3) is 0 Å². The van der Waals surface area contributed by atoms with Gasteiger partial charge in [0.25, 0.3) is 10.2 Å². The van der Waals surface area contributed by atoms with Crippen LogP contribution >= 0.6 is 0 Å². The van der Waals surface area contributed by atoms with Crippen molar-refractivity contribution in [3.63, 3.8) is 0 Å². The van der Waals surface area contributed by atoms with Crippen LogP contribution in [0.5, 0.6) is 0 Å². The van der Waals surface area contributed by atoms with E-state index in [1.807, 2.05) is 38.1 Å². The molecule has 1 aromatic carbocycles. The molecule has 3 N–H and O–H groups in total. The number of rotatable bonds is 3. The quantitative estimate of drug-likeness (QED) is 0.800. The molecule has 84 valence electrons. The van der Waals surface area contributed by atoms with E-state index in [1.54, 1.807) is 6.07 Å². The largest absolute Gasteiger partial charge is 0.378 e. The van der Waals surface area contributed by atoms with Gasteiger partial charge in [-0.05, 0) is 30.7 Å². The summed E-state index contributed by atoms with van der Waals surface area (Å²) < 4.78 is 23.9. The fraction of sp³-hybridized carbons (Fsp3) is 0.333. The van der Waals surface area contributed by atoms with E-state index in [2.05, 4.69) is 4.72 Å². The molecule has 0 bridgehead atoms.